The molecule has 0 spiro atoms. The van der Waals surface area contributed by atoms with Crippen molar-refractivity contribution in [3.63, 3.8) is 0 Å². The number of aliphatic hydroxyl groups is 1. The highest BCUT2D eigenvalue weighted by molar-refractivity contribution is 4.61. The van der Waals surface area contributed by atoms with E-state index in [1.807, 2.05) is 6.92 Å². The van der Waals surface area contributed by atoms with E-state index in [2.05, 4.69) is 24.2 Å². The van der Waals surface area contributed by atoms with Gasteiger partial charge in [-0.15, -0.1) is 0 Å². The summed E-state index contributed by atoms with van der Waals surface area (Å²) in [5.74, 6) is 0. The topological polar surface area (TPSA) is 35.5 Å². The van der Waals surface area contributed by atoms with Crippen LogP contribution in [-0.4, -0.2) is 49.3 Å². The summed E-state index contributed by atoms with van der Waals surface area (Å²) in [5.41, 5.74) is 0. The molecule has 0 radical (unpaired) electrons. The van der Waals surface area contributed by atoms with E-state index in [9.17, 15) is 0 Å². The van der Waals surface area contributed by atoms with Crippen molar-refractivity contribution in [2.45, 2.75) is 32.7 Å². The van der Waals surface area contributed by atoms with E-state index in [0.717, 1.165) is 26.1 Å². The average molecular weight is 188 g/mol. The van der Waals surface area contributed by atoms with Crippen molar-refractivity contribution in [2.24, 2.45) is 0 Å². The summed E-state index contributed by atoms with van der Waals surface area (Å²) >= 11 is 0. The molecule has 1 unspecified atom stereocenters. The summed E-state index contributed by atoms with van der Waals surface area (Å²) in [6.45, 7) is 7.71. The number of aliphatic hydroxyl groups excluding tert-OH is 1. The lowest BCUT2D eigenvalue weighted by atomic mass is 10.3. The molecule has 0 bridgehead atoms. The Bertz CT molecular complexity index is 109. The molecular formula is C10H24N2O. The van der Waals surface area contributed by atoms with E-state index in [1.54, 1.807) is 0 Å². The van der Waals surface area contributed by atoms with Crippen LogP contribution in [0, 0.1) is 0 Å². The SMILES string of the molecule is CCCNCCCN(C)C(C)CO. The van der Waals surface area contributed by atoms with E-state index < -0.39 is 0 Å². The highest BCUT2D eigenvalue weighted by Crippen LogP contribution is 1.94. The van der Waals surface area contributed by atoms with Crippen LogP contribution in [0.3, 0.4) is 0 Å². The van der Waals surface area contributed by atoms with Gasteiger partial charge in [-0.2, -0.15) is 0 Å². The maximum atomic E-state index is 8.89. The molecule has 1 atom stereocenters. The molecule has 0 saturated carbocycles. The molecule has 0 heterocycles. The molecule has 0 aliphatic carbocycles. The van der Waals surface area contributed by atoms with E-state index in [1.165, 1.54) is 6.42 Å². The number of hydrogen-bond donors (Lipinski definition) is 2. The number of likely N-dealkylation sites (N-methyl/N-ethyl adjacent to an activating group) is 1. The highest BCUT2D eigenvalue weighted by Gasteiger charge is 2.05. The second-order valence-electron chi connectivity index (χ2n) is 3.62. The first-order valence-corrected chi connectivity index (χ1v) is 5.24. The van der Waals surface area contributed by atoms with Gasteiger partial charge in [-0.05, 0) is 46.4 Å². The lowest BCUT2D eigenvalue weighted by Crippen LogP contribution is -2.34. The zero-order valence-corrected chi connectivity index (χ0v) is 9.21. The van der Waals surface area contributed by atoms with Crippen LogP contribution < -0.4 is 5.32 Å². The smallest absolute Gasteiger partial charge is 0.0584 e. The summed E-state index contributed by atoms with van der Waals surface area (Å²) < 4.78 is 0. The first-order chi connectivity index (χ1) is 6.22. The first kappa shape index (κ1) is 12.9. The Morgan fingerprint density at radius 1 is 1.38 bits per heavy atom. The molecule has 0 aromatic carbocycles. The average Bonchev–Trinajstić information content (AvgIpc) is 2.16. The van der Waals surface area contributed by atoms with Crippen LogP contribution in [0.1, 0.15) is 26.7 Å². The Morgan fingerprint density at radius 3 is 2.62 bits per heavy atom. The fraction of sp³-hybridized carbons (Fsp3) is 1.00. The maximum absolute atomic E-state index is 8.89. The number of rotatable bonds is 8. The van der Waals surface area contributed by atoms with Gasteiger partial charge < -0.3 is 15.3 Å². The van der Waals surface area contributed by atoms with Crippen LogP contribution >= 0.6 is 0 Å². The van der Waals surface area contributed by atoms with Gasteiger partial charge in [-0.1, -0.05) is 6.92 Å². The van der Waals surface area contributed by atoms with E-state index in [4.69, 9.17) is 5.11 Å². The van der Waals surface area contributed by atoms with E-state index >= 15 is 0 Å². The third-order valence-corrected chi connectivity index (χ3v) is 2.31. The van der Waals surface area contributed by atoms with Gasteiger partial charge in [0.15, 0.2) is 0 Å². The van der Waals surface area contributed by atoms with Crippen LogP contribution in [-0.2, 0) is 0 Å². The van der Waals surface area contributed by atoms with Gasteiger partial charge in [-0.25, -0.2) is 0 Å². The van der Waals surface area contributed by atoms with Crippen LogP contribution in [0.25, 0.3) is 0 Å². The minimum atomic E-state index is 0.249. The van der Waals surface area contributed by atoms with Gasteiger partial charge in [0.25, 0.3) is 0 Å². The molecule has 3 nitrogen and oxygen atoms in total. The maximum Gasteiger partial charge on any atom is 0.0584 e. The Hall–Kier alpha value is -0.120. The summed E-state index contributed by atoms with van der Waals surface area (Å²) in [7, 11) is 2.06. The number of nitrogens with one attached hydrogen (secondary N) is 1. The van der Waals surface area contributed by atoms with E-state index in [0.29, 0.717) is 0 Å². The summed E-state index contributed by atoms with van der Waals surface area (Å²) in [6, 6.07) is 0.283. The van der Waals surface area contributed by atoms with Gasteiger partial charge in [0.05, 0.1) is 6.61 Å². The fourth-order valence-electron chi connectivity index (χ4n) is 1.12. The molecule has 3 heteroatoms. The molecule has 0 amide bonds. The van der Waals surface area contributed by atoms with Gasteiger partial charge in [0.1, 0.15) is 0 Å². The molecule has 0 rings (SSSR count). The van der Waals surface area contributed by atoms with Gasteiger partial charge in [-0.3, -0.25) is 0 Å². The lowest BCUT2D eigenvalue weighted by Gasteiger charge is -2.22. The molecule has 0 aliphatic heterocycles. The Balaban J connectivity index is 3.21. The first-order valence-electron chi connectivity index (χ1n) is 5.24. The second-order valence-corrected chi connectivity index (χ2v) is 3.62. The second kappa shape index (κ2) is 8.48. The van der Waals surface area contributed by atoms with Crippen LogP contribution in [0.15, 0.2) is 0 Å². The summed E-state index contributed by atoms with van der Waals surface area (Å²) in [4.78, 5) is 2.19. The molecular weight excluding hydrogens is 164 g/mol. The van der Waals surface area contributed by atoms with Crippen LogP contribution in [0.5, 0.6) is 0 Å². The molecule has 0 saturated heterocycles. The molecule has 0 aliphatic rings. The Kier molecular flexibility index (Phi) is 8.40. The van der Waals surface area contributed by atoms with E-state index in [-0.39, 0.29) is 12.6 Å². The van der Waals surface area contributed by atoms with Crippen molar-refractivity contribution in [2.75, 3.05) is 33.3 Å². The number of hydrogen-bond acceptors (Lipinski definition) is 3. The van der Waals surface area contributed by atoms with Crippen LogP contribution in [0.4, 0.5) is 0 Å². The predicted octanol–water partition coefficient (Wildman–Crippen LogP) is 0.689. The molecule has 0 aromatic heterocycles. The Labute approximate surface area is 82.1 Å². The molecule has 0 fully saturated rings. The molecule has 13 heavy (non-hydrogen) atoms. The summed E-state index contributed by atoms with van der Waals surface area (Å²) in [5, 5.41) is 12.2. The van der Waals surface area contributed by atoms with Crippen molar-refractivity contribution >= 4 is 0 Å². The molecule has 2 N–H and O–H groups in total. The molecule has 80 valence electrons. The van der Waals surface area contributed by atoms with Crippen molar-refractivity contribution < 1.29 is 5.11 Å². The minimum Gasteiger partial charge on any atom is -0.395 e. The van der Waals surface area contributed by atoms with Crippen molar-refractivity contribution in [1.29, 1.82) is 0 Å². The van der Waals surface area contributed by atoms with Crippen LogP contribution in [0.2, 0.25) is 0 Å². The predicted molar refractivity (Wildman–Crippen MR) is 57.0 cm³/mol. The van der Waals surface area contributed by atoms with Gasteiger partial charge in [0, 0.05) is 6.04 Å². The van der Waals surface area contributed by atoms with Crippen molar-refractivity contribution in [1.82, 2.24) is 10.2 Å². The quantitative estimate of drug-likeness (QED) is 0.550. The lowest BCUT2D eigenvalue weighted by molar-refractivity contribution is 0.158. The monoisotopic (exact) mass is 188 g/mol. The number of nitrogens with zero attached hydrogens (tertiary/aromatic N) is 1. The van der Waals surface area contributed by atoms with Gasteiger partial charge in [0.2, 0.25) is 0 Å². The largest absolute Gasteiger partial charge is 0.395 e. The van der Waals surface area contributed by atoms with Crippen molar-refractivity contribution in [3.05, 3.63) is 0 Å². The van der Waals surface area contributed by atoms with Gasteiger partial charge >= 0.3 is 0 Å². The molecule has 0 aromatic rings. The summed E-state index contributed by atoms with van der Waals surface area (Å²) in [6.07, 6.45) is 2.35. The minimum absolute atomic E-state index is 0.249. The highest BCUT2D eigenvalue weighted by atomic mass is 16.3. The Morgan fingerprint density at radius 2 is 2.08 bits per heavy atom. The normalized spacial score (nSPS) is 13.6. The van der Waals surface area contributed by atoms with Crippen molar-refractivity contribution in [3.8, 4) is 0 Å². The fourth-order valence-corrected chi connectivity index (χ4v) is 1.12. The zero-order chi connectivity index (χ0) is 10.1. The zero-order valence-electron chi connectivity index (χ0n) is 9.21. The third-order valence-electron chi connectivity index (χ3n) is 2.31. The third kappa shape index (κ3) is 6.99. The standard InChI is InChI=1S/C10H24N2O/c1-4-6-11-7-5-8-12(3)10(2)9-13/h10-11,13H,4-9H2,1-3H3.